The van der Waals surface area contributed by atoms with Crippen LogP contribution in [0.2, 0.25) is 5.02 Å². The van der Waals surface area contributed by atoms with Gasteiger partial charge in [0, 0.05) is 16.5 Å². The van der Waals surface area contributed by atoms with Crippen LogP contribution in [0.15, 0.2) is 18.2 Å². The smallest absolute Gasteiger partial charge is 0.0438 e. The monoisotopic (exact) mass is 223 g/mol. The lowest BCUT2D eigenvalue weighted by Gasteiger charge is -2.27. The molecule has 1 aliphatic rings. The van der Waals surface area contributed by atoms with Crippen LogP contribution in [-0.2, 0) is 0 Å². The molecule has 0 amide bonds. The molecule has 0 saturated carbocycles. The predicted octanol–water partition coefficient (Wildman–Crippen LogP) is 3.50. The van der Waals surface area contributed by atoms with E-state index in [0.717, 1.165) is 17.1 Å². The van der Waals surface area contributed by atoms with E-state index in [1.807, 2.05) is 6.92 Å². The molecule has 1 aromatic rings. The Bertz CT molecular complexity index is 371. The Hall–Kier alpha value is -0.530. The summed E-state index contributed by atoms with van der Waals surface area (Å²) in [5.74, 6) is 0.579. The summed E-state index contributed by atoms with van der Waals surface area (Å²) in [5.41, 5.74) is 2.71. The van der Waals surface area contributed by atoms with E-state index >= 15 is 0 Å². The van der Waals surface area contributed by atoms with Crippen LogP contribution >= 0.6 is 11.6 Å². The van der Waals surface area contributed by atoms with Gasteiger partial charge in [0.05, 0.1) is 0 Å². The van der Waals surface area contributed by atoms with Crippen molar-refractivity contribution in [2.75, 3.05) is 6.54 Å². The average molecular weight is 224 g/mol. The molecule has 1 heterocycles. The van der Waals surface area contributed by atoms with Gasteiger partial charge in [-0.05, 0) is 50.9 Å². The van der Waals surface area contributed by atoms with Crippen molar-refractivity contribution in [2.24, 2.45) is 0 Å². The van der Waals surface area contributed by atoms with Crippen LogP contribution in [0.4, 0.5) is 0 Å². The van der Waals surface area contributed by atoms with E-state index in [0.29, 0.717) is 5.92 Å². The maximum atomic E-state index is 6.16. The molecule has 0 radical (unpaired) electrons. The van der Waals surface area contributed by atoms with Gasteiger partial charge in [-0.1, -0.05) is 23.7 Å². The zero-order chi connectivity index (χ0) is 11.1. The highest BCUT2D eigenvalue weighted by Gasteiger charge is 2.34. The molecule has 1 aromatic carbocycles. The Morgan fingerprint density at radius 3 is 2.67 bits per heavy atom. The van der Waals surface area contributed by atoms with E-state index in [1.54, 1.807) is 0 Å². The van der Waals surface area contributed by atoms with Crippen molar-refractivity contribution in [2.45, 2.75) is 38.6 Å². The van der Waals surface area contributed by atoms with Crippen LogP contribution in [0.1, 0.15) is 37.3 Å². The van der Waals surface area contributed by atoms with Crippen LogP contribution in [0.3, 0.4) is 0 Å². The SMILES string of the molecule is Cc1ccc(C2CCNC2(C)C)cc1Cl. The molecule has 0 aliphatic carbocycles. The standard InChI is InChI=1S/C13H18ClN/c1-9-4-5-10(8-12(9)14)11-6-7-15-13(11,2)3/h4-5,8,11,15H,6-7H2,1-3H3. The Kier molecular flexibility index (Phi) is 2.78. The number of benzene rings is 1. The third kappa shape index (κ3) is 2.04. The van der Waals surface area contributed by atoms with Crippen LogP contribution in [0.5, 0.6) is 0 Å². The minimum atomic E-state index is 0.193. The summed E-state index contributed by atoms with van der Waals surface area (Å²) in [6, 6.07) is 6.45. The van der Waals surface area contributed by atoms with Crippen LogP contribution < -0.4 is 5.32 Å². The summed E-state index contributed by atoms with van der Waals surface area (Å²) in [5, 5.41) is 4.42. The fourth-order valence-corrected chi connectivity index (χ4v) is 2.62. The summed E-state index contributed by atoms with van der Waals surface area (Å²) < 4.78 is 0. The molecule has 1 aliphatic heterocycles. The van der Waals surface area contributed by atoms with Gasteiger partial charge in [0.1, 0.15) is 0 Å². The van der Waals surface area contributed by atoms with Crippen molar-refractivity contribution < 1.29 is 0 Å². The van der Waals surface area contributed by atoms with E-state index < -0.39 is 0 Å². The Labute approximate surface area is 96.8 Å². The van der Waals surface area contributed by atoms with Crippen LogP contribution in [0, 0.1) is 6.92 Å². The number of hydrogen-bond acceptors (Lipinski definition) is 1. The maximum Gasteiger partial charge on any atom is 0.0438 e. The first-order chi connectivity index (χ1) is 7.00. The van der Waals surface area contributed by atoms with Gasteiger partial charge in [-0.2, -0.15) is 0 Å². The lowest BCUT2D eigenvalue weighted by Crippen LogP contribution is -2.36. The van der Waals surface area contributed by atoms with Gasteiger partial charge in [-0.15, -0.1) is 0 Å². The minimum Gasteiger partial charge on any atom is -0.311 e. The normalized spacial score (nSPS) is 24.4. The number of rotatable bonds is 1. The summed E-state index contributed by atoms with van der Waals surface area (Å²) in [6.45, 7) is 7.67. The molecule has 0 spiro atoms. The first-order valence-corrected chi connectivity index (χ1v) is 5.89. The van der Waals surface area contributed by atoms with Gasteiger partial charge in [-0.3, -0.25) is 0 Å². The summed E-state index contributed by atoms with van der Waals surface area (Å²) >= 11 is 6.16. The lowest BCUT2D eigenvalue weighted by molar-refractivity contribution is 0.411. The highest BCUT2D eigenvalue weighted by atomic mass is 35.5. The molecular weight excluding hydrogens is 206 g/mol. The quantitative estimate of drug-likeness (QED) is 0.769. The Morgan fingerprint density at radius 2 is 2.13 bits per heavy atom. The largest absolute Gasteiger partial charge is 0.311 e. The molecule has 2 rings (SSSR count). The third-order valence-electron chi connectivity index (χ3n) is 3.48. The molecule has 15 heavy (non-hydrogen) atoms. The van der Waals surface area contributed by atoms with Gasteiger partial charge >= 0.3 is 0 Å². The molecule has 1 N–H and O–H groups in total. The highest BCUT2D eigenvalue weighted by molar-refractivity contribution is 6.31. The van der Waals surface area contributed by atoms with E-state index in [4.69, 9.17) is 11.6 Å². The first kappa shape index (κ1) is 11.0. The van der Waals surface area contributed by atoms with Crippen molar-refractivity contribution in [3.63, 3.8) is 0 Å². The summed E-state index contributed by atoms with van der Waals surface area (Å²) in [7, 11) is 0. The highest BCUT2D eigenvalue weighted by Crippen LogP contribution is 2.36. The van der Waals surface area contributed by atoms with Crippen molar-refractivity contribution in [3.05, 3.63) is 34.3 Å². The van der Waals surface area contributed by atoms with Crippen molar-refractivity contribution in [3.8, 4) is 0 Å². The first-order valence-electron chi connectivity index (χ1n) is 5.52. The van der Waals surface area contributed by atoms with Crippen molar-refractivity contribution in [1.82, 2.24) is 5.32 Å². The number of halogens is 1. The van der Waals surface area contributed by atoms with E-state index in [1.165, 1.54) is 12.0 Å². The molecular formula is C13H18ClN. The molecule has 1 fully saturated rings. The maximum absolute atomic E-state index is 6.16. The second kappa shape index (κ2) is 3.80. The molecule has 2 heteroatoms. The average Bonchev–Trinajstić information content (AvgIpc) is 2.50. The Morgan fingerprint density at radius 1 is 1.40 bits per heavy atom. The van der Waals surface area contributed by atoms with Gasteiger partial charge in [0.2, 0.25) is 0 Å². The molecule has 0 aromatic heterocycles. The van der Waals surface area contributed by atoms with Gasteiger partial charge in [0.15, 0.2) is 0 Å². The minimum absolute atomic E-state index is 0.193. The lowest BCUT2D eigenvalue weighted by atomic mass is 9.83. The number of aryl methyl sites for hydroxylation is 1. The van der Waals surface area contributed by atoms with E-state index in [-0.39, 0.29) is 5.54 Å². The summed E-state index contributed by atoms with van der Waals surface area (Å²) in [4.78, 5) is 0. The fraction of sp³-hybridized carbons (Fsp3) is 0.538. The molecule has 1 atom stereocenters. The van der Waals surface area contributed by atoms with Gasteiger partial charge in [-0.25, -0.2) is 0 Å². The Balaban J connectivity index is 2.33. The van der Waals surface area contributed by atoms with Gasteiger partial charge in [0.25, 0.3) is 0 Å². The topological polar surface area (TPSA) is 12.0 Å². The molecule has 1 saturated heterocycles. The third-order valence-corrected chi connectivity index (χ3v) is 3.89. The van der Waals surface area contributed by atoms with Crippen LogP contribution in [-0.4, -0.2) is 12.1 Å². The van der Waals surface area contributed by atoms with Crippen molar-refractivity contribution >= 4 is 11.6 Å². The molecule has 1 nitrogen and oxygen atoms in total. The van der Waals surface area contributed by atoms with Crippen LogP contribution in [0.25, 0.3) is 0 Å². The molecule has 0 bridgehead atoms. The zero-order valence-corrected chi connectivity index (χ0v) is 10.4. The number of nitrogens with one attached hydrogen (secondary N) is 1. The second-order valence-electron chi connectivity index (χ2n) is 5.00. The fourth-order valence-electron chi connectivity index (χ4n) is 2.43. The predicted molar refractivity (Wildman–Crippen MR) is 65.6 cm³/mol. The second-order valence-corrected chi connectivity index (χ2v) is 5.41. The molecule has 1 unspecified atom stereocenters. The summed E-state index contributed by atoms with van der Waals surface area (Å²) in [6.07, 6.45) is 1.20. The zero-order valence-electron chi connectivity index (χ0n) is 9.60. The molecule has 82 valence electrons. The van der Waals surface area contributed by atoms with Crippen molar-refractivity contribution in [1.29, 1.82) is 0 Å². The van der Waals surface area contributed by atoms with Gasteiger partial charge < -0.3 is 5.32 Å². The van der Waals surface area contributed by atoms with E-state index in [2.05, 4.69) is 37.4 Å². The van der Waals surface area contributed by atoms with E-state index in [9.17, 15) is 0 Å². The number of hydrogen-bond donors (Lipinski definition) is 1.